The van der Waals surface area contributed by atoms with Gasteiger partial charge in [-0.05, 0) is 21.0 Å². The molecule has 0 rings (SSSR count). The Labute approximate surface area is 67.6 Å². The van der Waals surface area contributed by atoms with Crippen molar-refractivity contribution in [2.75, 3.05) is 27.2 Å². The second-order valence-corrected chi connectivity index (χ2v) is 2.47. The molecule has 0 aromatic carbocycles. The largest absolute Gasteiger partial charge is 0.461 e. The van der Waals surface area contributed by atoms with Gasteiger partial charge in [0.1, 0.15) is 6.61 Å². The summed E-state index contributed by atoms with van der Waals surface area (Å²) >= 11 is 0. The summed E-state index contributed by atoms with van der Waals surface area (Å²) in [4.78, 5) is 12.7. The number of hydrogen-bond donors (Lipinski definition) is 0. The van der Waals surface area contributed by atoms with Crippen LogP contribution in [0, 0.1) is 0 Å². The van der Waals surface area contributed by atoms with E-state index >= 15 is 0 Å². The van der Waals surface area contributed by atoms with E-state index in [1.165, 1.54) is 6.08 Å². The van der Waals surface area contributed by atoms with Gasteiger partial charge in [0, 0.05) is 12.6 Å². The van der Waals surface area contributed by atoms with Crippen LogP contribution in [0.4, 0.5) is 0 Å². The first-order chi connectivity index (χ1) is 5.16. The summed E-state index contributed by atoms with van der Waals surface area (Å²) in [6, 6.07) is 0. The number of ether oxygens (including phenoxy) is 1. The van der Waals surface area contributed by atoms with E-state index in [4.69, 9.17) is 4.74 Å². The molecule has 0 saturated carbocycles. The molecular weight excluding hydrogens is 142 g/mol. The van der Waals surface area contributed by atoms with E-state index in [-0.39, 0.29) is 5.97 Å². The number of allylic oxidation sites excluding steroid dienone is 1. The highest BCUT2D eigenvalue weighted by atomic mass is 16.5. The number of carbonyl (C=O) groups excluding carboxylic acids is 1. The van der Waals surface area contributed by atoms with Gasteiger partial charge in [-0.15, -0.1) is 0 Å². The summed E-state index contributed by atoms with van der Waals surface area (Å²) in [5.41, 5.74) is 0. The molecule has 0 spiro atoms. The third-order valence-electron chi connectivity index (χ3n) is 1.09. The quantitative estimate of drug-likeness (QED) is 0.443. The van der Waals surface area contributed by atoms with E-state index in [2.05, 4.69) is 0 Å². The molecule has 0 N–H and O–H groups in total. The molecule has 0 aromatic rings. The molecule has 64 valence electrons. The van der Waals surface area contributed by atoms with Gasteiger partial charge >= 0.3 is 5.97 Å². The number of hydrogen-bond acceptors (Lipinski definition) is 3. The lowest BCUT2D eigenvalue weighted by molar-refractivity contribution is -0.138. The molecule has 0 saturated heterocycles. The van der Waals surface area contributed by atoms with Crippen molar-refractivity contribution < 1.29 is 9.53 Å². The monoisotopic (exact) mass is 157 g/mol. The van der Waals surface area contributed by atoms with Crippen molar-refractivity contribution in [3.63, 3.8) is 0 Å². The van der Waals surface area contributed by atoms with Gasteiger partial charge in [0.2, 0.25) is 0 Å². The summed E-state index contributed by atoms with van der Waals surface area (Å²) in [5.74, 6) is -0.269. The van der Waals surface area contributed by atoms with Crippen molar-refractivity contribution >= 4 is 5.97 Å². The van der Waals surface area contributed by atoms with Crippen LogP contribution in [0.1, 0.15) is 6.92 Å². The first-order valence-corrected chi connectivity index (χ1v) is 3.61. The second kappa shape index (κ2) is 5.92. The van der Waals surface area contributed by atoms with Crippen molar-refractivity contribution in [3.8, 4) is 0 Å². The summed E-state index contributed by atoms with van der Waals surface area (Å²) in [6.45, 7) is 3.01. The van der Waals surface area contributed by atoms with Crippen molar-refractivity contribution in [1.82, 2.24) is 4.90 Å². The fourth-order valence-corrected chi connectivity index (χ4v) is 0.513. The van der Waals surface area contributed by atoms with Crippen LogP contribution in [0.25, 0.3) is 0 Å². The van der Waals surface area contributed by atoms with Crippen LogP contribution >= 0.6 is 0 Å². The predicted octanol–water partition coefficient (Wildman–Crippen LogP) is 0.667. The fraction of sp³-hybridized carbons (Fsp3) is 0.625. The average Bonchev–Trinajstić information content (AvgIpc) is 1.87. The Balaban J connectivity index is 3.32. The Kier molecular flexibility index (Phi) is 5.47. The van der Waals surface area contributed by atoms with Gasteiger partial charge in [-0.25, -0.2) is 4.79 Å². The van der Waals surface area contributed by atoms with Crippen molar-refractivity contribution in [1.29, 1.82) is 0 Å². The van der Waals surface area contributed by atoms with Crippen LogP contribution < -0.4 is 0 Å². The maximum Gasteiger partial charge on any atom is 0.330 e. The van der Waals surface area contributed by atoms with Crippen LogP contribution in [0.3, 0.4) is 0 Å². The normalized spacial score (nSPS) is 10.9. The molecule has 0 bridgehead atoms. The molecule has 3 heteroatoms. The maximum atomic E-state index is 10.7. The van der Waals surface area contributed by atoms with Crippen LogP contribution in [0.5, 0.6) is 0 Å². The van der Waals surface area contributed by atoms with Gasteiger partial charge in [0.25, 0.3) is 0 Å². The topological polar surface area (TPSA) is 29.5 Å². The Morgan fingerprint density at radius 2 is 2.18 bits per heavy atom. The highest BCUT2D eigenvalue weighted by Crippen LogP contribution is 1.82. The first kappa shape index (κ1) is 10.2. The first-order valence-electron chi connectivity index (χ1n) is 3.61. The molecule has 0 aliphatic rings. The molecule has 0 radical (unpaired) electrons. The van der Waals surface area contributed by atoms with Crippen LogP contribution in [-0.4, -0.2) is 38.1 Å². The minimum atomic E-state index is -0.269. The van der Waals surface area contributed by atoms with E-state index < -0.39 is 0 Å². The van der Waals surface area contributed by atoms with Gasteiger partial charge in [-0.1, -0.05) is 6.08 Å². The summed E-state index contributed by atoms with van der Waals surface area (Å²) in [6.07, 6.45) is 3.08. The van der Waals surface area contributed by atoms with Gasteiger partial charge in [-0.3, -0.25) is 0 Å². The highest BCUT2D eigenvalue weighted by Gasteiger charge is 1.95. The van der Waals surface area contributed by atoms with E-state index in [1.54, 1.807) is 13.0 Å². The highest BCUT2D eigenvalue weighted by molar-refractivity contribution is 5.81. The maximum absolute atomic E-state index is 10.7. The summed E-state index contributed by atoms with van der Waals surface area (Å²) in [7, 11) is 3.87. The minimum Gasteiger partial charge on any atom is -0.461 e. The second-order valence-electron chi connectivity index (χ2n) is 2.47. The lowest BCUT2D eigenvalue weighted by Gasteiger charge is -2.08. The van der Waals surface area contributed by atoms with Gasteiger partial charge in [0.05, 0.1) is 0 Å². The lowest BCUT2D eigenvalue weighted by atomic mass is 10.5. The van der Waals surface area contributed by atoms with E-state index in [1.807, 2.05) is 19.0 Å². The van der Waals surface area contributed by atoms with Gasteiger partial charge in [-0.2, -0.15) is 0 Å². The Hall–Kier alpha value is -0.830. The lowest BCUT2D eigenvalue weighted by Crippen LogP contribution is -2.19. The number of rotatable bonds is 4. The standard InChI is InChI=1S/C8H15NO2/c1-4-5-8(10)11-7-6-9(2)3/h4-5H,6-7H2,1-3H3/b5-4-. The SMILES string of the molecule is C/C=C\C(=O)OCCN(C)C. The molecule has 3 nitrogen and oxygen atoms in total. The average molecular weight is 157 g/mol. The number of esters is 1. The van der Waals surface area contributed by atoms with Crippen molar-refractivity contribution in [2.45, 2.75) is 6.92 Å². The number of carbonyl (C=O) groups is 1. The molecule has 0 heterocycles. The molecular formula is C8H15NO2. The number of likely N-dealkylation sites (N-methyl/N-ethyl adjacent to an activating group) is 1. The Morgan fingerprint density at radius 1 is 1.55 bits per heavy atom. The predicted molar refractivity (Wildman–Crippen MR) is 44.3 cm³/mol. The molecule has 0 atom stereocenters. The molecule has 0 aliphatic carbocycles. The zero-order valence-electron chi connectivity index (χ0n) is 7.33. The third-order valence-corrected chi connectivity index (χ3v) is 1.09. The third kappa shape index (κ3) is 7.06. The number of nitrogens with zero attached hydrogens (tertiary/aromatic N) is 1. The minimum absolute atomic E-state index is 0.269. The van der Waals surface area contributed by atoms with Gasteiger partial charge in [0.15, 0.2) is 0 Å². The van der Waals surface area contributed by atoms with Gasteiger partial charge < -0.3 is 9.64 Å². The summed E-state index contributed by atoms with van der Waals surface area (Å²) in [5, 5.41) is 0. The van der Waals surface area contributed by atoms with E-state index in [9.17, 15) is 4.79 Å². The van der Waals surface area contributed by atoms with Crippen molar-refractivity contribution in [3.05, 3.63) is 12.2 Å². The Morgan fingerprint density at radius 3 is 2.64 bits per heavy atom. The zero-order valence-corrected chi connectivity index (χ0v) is 7.33. The molecule has 11 heavy (non-hydrogen) atoms. The van der Waals surface area contributed by atoms with E-state index in [0.29, 0.717) is 6.61 Å². The molecule has 0 aliphatic heterocycles. The molecule has 0 fully saturated rings. The van der Waals surface area contributed by atoms with Crippen LogP contribution in [0.2, 0.25) is 0 Å². The van der Waals surface area contributed by atoms with E-state index in [0.717, 1.165) is 6.54 Å². The summed E-state index contributed by atoms with van der Waals surface area (Å²) < 4.78 is 4.83. The fourth-order valence-electron chi connectivity index (χ4n) is 0.513. The molecule has 0 unspecified atom stereocenters. The van der Waals surface area contributed by atoms with Crippen molar-refractivity contribution in [2.24, 2.45) is 0 Å². The van der Waals surface area contributed by atoms with Crippen LogP contribution in [0.15, 0.2) is 12.2 Å². The zero-order chi connectivity index (χ0) is 8.69. The smallest absolute Gasteiger partial charge is 0.330 e. The Bertz CT molecular complexity index is 141. The van der Waals surface area contributed by atoms with Crippen LogP contribution in [-0.2, 0) is 9.53 Å². The molecule has 0 aromatic heterocycles. The molecule has 0 amide bonds.